The molecule has 2 N–H and O–H groups in total. The zero-order valence-electron chi connectivity index (χ0n) is 16.0. The third-order valence-electron chi connectivity index (χ3n) is 5.01. The van der Waals surface area contributed by atoms with Gasteiger partial charge < -0.3 is 14.9 Å². The second-order valence-electron chi connectivity index (χ2n) is 7.32. The lowest BCUT2D eigenvalue weighted by atomic mass is 9.85. The summed E-state index contributed by atoms with van der Waals surface area (Å²) in [6, 6.07) is 17.7. The molecule has 140 valence electrons. The number of rotatable bonds is 3. The monoisotopic (exact) mass is 371 g/mol. The molecule has 1 unspecified atom stereocenters. The summed E-state index contributed by atoms with van der Waals surface area (Å²) in [5.41, 5.74) is 6.56. The minimum atomic E-state index is -0.951. The predicted molar refractivity (Wildman–Crippen MR) is 108 cm³/mol. The Bertz CT molecular complexity index is 1100. The van der Waals surface area contributed by atoms with Crippen molar-refractivity contribution >= 4 is 16.8 Å². The van der Waals surface area contributed by atoms with Crippen molar-refractivity contribution in [2.75, 3.05) is 5.32 Å². The fraction of sp³-hybridized carbons (Fsp3) is 0.217. The molecule has 0 aliphatic carbocycles. The zero-order valence-corrected chi connectivity index (χ0v) is 16.0. The molecule has 4 rings (SSSR count). The lowest BCUT2D eigenvalue weighted by Crippen LogP contribution is -2.26. The minimum absolute atomic E-state index is 0.426. The first-order valence-electron chi connectivity index (χ1n) is 9.25. The summed E-state index contributed by atoms with van der Waals surface area (Å²) < 4.78 is 5.49. The van der Waals surface area contributed by atoms with Gasteiger partial charge >= 0.3 is 0 Å². The quantitative estimate of drug-likeness (QED) is 0.698. The van der Waals surface area contributed by atoms with E-state index in [-0.39, 0.29) is 0 Å². The van der Waals surface area contributed by atoms with Crippen molar-refractivity contribution in [3.63, 3.8) is 0 Å². The van der Waals surface area contributed by atoms with Crippen LogP contribution in [0.4, 0.5) is 5.69 Å². The normalized spacial score (nSPS) is 15.9. The average molecular weight is 371 g/mol. The predicted octanol–water partition coefficient (Wildman–Crippen LogP) is 4.68. The number of nitrogens with zero attached hydrogens (tertiary/aromatic N) is 2. The molecule has 2 aromatic carbocycles. The van der Waals surface area contributed by atoms with Crippen molar-refractivity contribution in [1.82, 2.24) is 5.16 Å². The van der Waals surface area contributed by atoms with E-state index in [1.54, 1.807) is 6.07 Å². The van der Waals surface area contributed by atoms with Gasteiger partial charge in [0.2, 0.25) is 0 Å². The van der Waals surface area contributed by atoms with E-state index >= 15 is 0 Å². The SMILES string of the molecule is Cc1cc(C2=C(c3ccc(C(C)C)cc3)c3cc(C#N)ccc3NC2O)on1. The molecule has 2 heterocycles. The van der Waals surface area contributed by atoms with Gasteiger partial charge in [-0.05, 0) is 42.2 Å². The van der Waals surface area contributed by atoms with Crippen LogP contribution in [0, 0.1) is 18.3 Å². The van der Waals surface area contributed by atoms with Crippen molar-refractivity contribution in [2.45, 2.75) is 32.9 Å². The Hall–Kier alpha value is -3.36. The Morgan fingerprint density at radius 3 is 2.50 bits per heavy atom. The third-order valence-corrected chi connectivity index (χ3v) is 5.01. The Labute approximate surface area is 163 Å². The van der Waals surface area contributed by atoms with E-state index in [1.807, 2.05) is 25.1 Å². The number of hydrogen-bond acceptors (Lipinski definition) is 5. The zero-order chi connectivity index (χ0) is 19.8. The van der Waals surface area contributed by atoms with Crippen LogP contribution in [0.25, 0.3) is 11.1 Å². The van der Waals surface area contributed by atoms with Crippen LogP contribution in [0.3, 0.4) is 0 Å². The van der Waals surface area contributed by atoms with E-state index < -0.39 is 6.23 Å². The molecule has 0 amide bonds. The summed E-state index contributed by atoms with van der Waals surface area (Å²) in [4.78, 5) is 0. The van der Waals surface area contributed by atoms with Gasteiger partial charge in [-0.1, -0.05) is 43.3 Å². The molecule has 1 aliphatic rings. The summed E-state index contributed by atoms with van der Waals surface area (Å²) in [6.45, 7) is 6.15. The van der Waals surface area contributed by atoms with Gasteiger partial charge in [0, 0.05) is 22.9 Å². The van der Waals surface area contributed by atoms with Crippen molar-refractivity contribution < 1.29 is 9.63 Å². The van der Waals surface area contributed by atoms with Crippen LogP contribution in [-0.2, 0) is 0 Å². The number of nitriles is 1. The maximum Gasteiger partial charge on any atom is 0.168 e. The average Bonchev–Trinajstić information content (AvgIpc) is 3.12. The molecule has 0 bridgehead atoms. The van der Waals surface area contributed by atoms with E-state index in [9.17, 15) is 10.4 Å². The molecular formula is C23H21N3O2. The number of aryl methyl sites for hydroxylation is 1. The molecule has 1 aromatic heterocycles. The number of benzene rings is 2. The van der Waals surface area contributed by atoms with E-state index in [0.717, 1.165) is 28.1 Å². The number of aromatic nitrogens is 1. The molecular weight excluding hydrogens is 350 g/mol. The first kappa shape index (κ1) is 18.0. The molecule has 3 aromatic rings. The molecule has 0 saturated carbocycles. The van der Waals surface area contributed by atoms with Gasteiger partial charge in [-0.25, -0.2) is 0 Å². The van der Waals surface area contributed by atoms with Crippen LogP contribution in [-0.4, -0.2) is 16.5 Å². The van der Waals surface area contributed by atoms with Gasteiger partial charge in [0.1, 0.15) is 0 Å². The lowest BCUT2D eigenvalue weighted by Gasteiger charge is -2.28. The van der Waals surface area contributed by atoms with Crippen LogP contribution in [0.15, 0.2) is 53.1 Å². The molecule has 0 saturated heterocycles. The Morgan fingerprint density at radius 2 is 1.89 bits per heavy atom. The largest absolute Gasteiger partial charge is 0.369 e. The highest BCUT2D eigenvalue weighted by Crippen LogP contribution is 2.42. The standard InChI is InChI=1S/C23H21N3O2/c1-13(2)16-5-7-17(8-6-16)21-18-11-15(12-24)4-9-19(18)25-23(27)22(21)20-10-14(3)26-28-20/h4-11,13,23,25,27H,1-3H3. The molecule has 1 atom stereocenters. The van der Waals surface area contributed by atoms with Gasteiger partial charge in [-0.2, -0.15) is 5.26 Å². The third kappa shape index (κ3) is 3.08. The molecule has 1 aliphatic heterocycles. The van der Waals surface area contributed by atoms with Gasteiger partial charge in [-0.3, -0.25) is 0 Å². The van der Waals surface area contributed by atoms with Gasteiger partial charge in [0.05, 0.1) is 22.9 Å². The number of nitrogens with one attached hydrogen (secondary N) is 1. The molecule has 0 fully saturated rings. The molecule has 0 radical (unpaired) electrons. The van der Waals surface area contributed by atoms with E-state index in [4.69, 9.17) is 4.52 Å². The first-order chi connectivity index (χ1) is 13.5. The Kier molecular flexibility index (Phi) is 4.50. The smallest absolute Gasteiger partial charge is 0.168 e. The summed E-state index contributed by atoms with van der Waals surface area (Å²) in [7, 11) is 0. The van der Waals surface area contributed by atoms with Crippen molar-refractivity contribution in [3.8, 4) is 6.07 Å². The Balaban J connectivity index is 2.00. The van der Waals surface area contributed by atoms with Crippen LogP contribution < -0.4 is 5.32 Å². The van der Waals surface area contributed by atoms with Crippen molar-refractivity contribution in [3.05, 3.63) is 82.2 Å². The van der Waals surface area contributed by atoms with Gasteiger partial charge in [-0.15, -0.1) is 0 Å². The van der Waals surface area contributed by atoms with Crippen LogP contribution in [0.2, 0.25) is 0 Å². The van der Waals surface area contributed by atoms with Crippen LogP contribution >= 0.6 is 0 Å². The number of aliphatic hydroxyl groups excluding tert-OH is 1. The highest BCUT2D eigenvalue weighted by Gasteiger charge is 2.30. The van der Waals surface area contributed by atoms with E-state index in [0.29, 0.717) is 22.8 Å². The van der Waals surface area contributed by atoms with Gasteiger partial charge in [0.25, 0.3) is 0 Å². The van der Waals surface area contributed by atoms with Crippen molar-refractivity contribution in [2.24, 2.45) is 0 Å². The van der Waals surface area contributed by atoms with Gasteiger partial charge in [0.15, 0.2) is 12.0 Å². The summed E-state index contributed by atoms with van der Waals surface area (Å²) in [5.74, 6) is 0.934. The van der Waals surface area contributed by atoms with E-state index in [2.05, 4.69) is 54.7 Å². The van der Waals surface area contributed by atoms with Crippen LogP contribution in [0.1, 0.15) is 53.5 Å². The topological polar surface area (TPSA) is 82.1 Å². The first-order valence-corrected chi connectivity index (χ1v) is 9.25. The molecule has 0 spiro atoms. The second kappa shape index (κ2) is 6.99. The molecule has 5 nitrogen and oxygen atoms in total. The fourth-order valence-corrected chi connectivity index (χ4v) is 3.54. The highest BCUT2D eigenvalue weighted by atomic mass is 16.5. The number of anilines is 1. The van der Waals surface area contributed by atoms with Crippen LogP contribution in [0.5, 0.6) is 0 Å². The maximum atomic E-state index is 10.9. The number of fused-ring (bicyclic) bond motifs is 1. The summed E-state index contributed by atoms with van der Waals surface area (Å²) in [5, 5.41) is 27.3. The minimum Gasteiger partial charge on any atom is -0.369 e. The second-order valence-corrected chi connectivity index (χ2v) is 7.32. The Morgan fingerprint density at radius 1 is 1.14 bits per heavy atom. The lowest BCUT2D eigenvalue weighted by molar-refractivity contribution is 0.255. The summed E-state index contributed by atoms with van der Waals surface area (Å²) >= 11 is 0. The summed E-state index contributed by atoms with van der Waals surface area (Å²) in [6.07, 6.45) is -0.951. The number of aliphatic hydroxyl groups is 1. The van der Waals surface area contributed by atoms with E-state index in [1.165, 1.54) is 5.56 Å². The molecule has 28 heavy (non-hydrogen) atoms. The maximum absolute atomic E-state index is 10.9. The van der Waals surface area contributed by atoms with Crippen molar-refractivity contribution in [1.29, 1.82) is 5.26 Å². The number of hydrogen-bond donors (Lipinski definition) is 2. The molecule has 5 heteroatoms. The highest BCUT2D eigenvalue weighted by molar-refractivity contribution is 6.04. The fourth-order valence-electron chi connectivity index (χ4n) is 3.54.